The molecule has 4 heteroatoms. The van der Waals surface area contributed by atoms with Crippen LogP contribution in [0, 0.1) is 16.7 Å². The molecule has 82 valence electrons. The SMILES string of the molecule is CC(C)(C#N)Cc1nc(-c2ccc[nH]2)cs1. The normalized spacial score (nSPS) is 11.3. The number of nitriles is 1. The maximum Gasteiger partial charge on any atom is 0.0976 e. The Morgan fingerprint density at radius 1 is 1.56 bits per heavy atom. The van der Waals surface area contributed by atoms with Gasteiger partial charge in [0.1, 0.15) is 0 Å². The fourth-order valence-corrected chi connectivity index (χ4v) is 2.45. The van der Waals surface area contributed by atoms with E-state index in [1.807, 2.05) is 37.6 Å². The lowest BCUT2D eigenvalue weighted by atomic mass is 9.92. The summed E-state index contributed by atoms with van der Waals surface area (Å²) in [5, 5.41) is 12.0. The first-order chi connectivity index (χ1) is 7.61. The van der Waals surface area contributed by atoms with E-state index in [4.69, 9.17) is 5.26 Å². The van der Waals surface area contributed by atoms with Gasteiger partial charge in [0, 0.05) is 18.0 Å². The molecule has 0 aliphatic rings. The second-order valence-electron chi connectivity index (χ2n) is 4.38. The topological polar surface area (TPSA) is 52.5 Å². The summed E-state index contributed by atoms with van der Waals surface area (Å²) in [6.45, 7) is 3.87. The van der Waals surface area contributed by atoms with Crippen LogP contribution in [0.15, 0.2) is 23.7 Å². The zero-order valence-corrected chi connectivity index (χ0v) is 10.1. The molecule has 2 heterocycles. The third-order valence-corrected chi connectivity index (χ3v) is 3.17. The number of thiazole rings is 1. The van der Waals surface area contributed by atoms with Crippen molar-refractivity contribution in [2.24, 2.45) is 5.41 Å². The highest BCUT2D eigenvalue weighted by molar-refractivity contribution is 7.09. The lowest BCUT2D eigenvalue weighted by Crippen LogP contribution is -2.11. The van der Waals surface area contributed by atoms with Crippen molar-refractivity contribution in [2.45, 2.75) is 20.3 Å². The fourth-order valence-electron chi connectivity index (χ4n) is 1.42. The van der Waals surface area contributed by atoms with E-state index in [9.17, 15) is 0 Å². The van der Waals surface area contributed by atoms with Crippen molar-refractivity contribution in [3.8, 4) is 17.5 Å². The molecule has 0 amide bonds. The molecule has 0 aromatic carbocycles. The predicted octanol–water partition coefficient (Wildman–Crippen LogP) is 3.23. The van der Waals surface area contributed by atoms with Gasteiger partial charge in [-0.15, -0.1) is 11.3 Å². The molecule has 0 saturated carbocycles. The van der Waals surface area contributed by atoms with E-state index < -0.39 is 0 Å². The lowest BCUT2D eigenvalue weighted by Gasteiger charge is -2.11. The predicted molar refractivity (Wildman–Crippen MR) is 65.0 cm³/mol. The van der Waals surface area contributed by atoms with Crippen LogP contribution in [0.2, 0.25) is 0 Å². The van der Waals surface area contributed by atoms with Crippen LogP contribution < -0.4 is 0 Å². The van der Waals surface area contributed by atoms with Crippen molar-refractivity contribution in [1.29, 1.82) is 5.26 Å². The smallest absolute Gasteiger partial charge is 0.0976 e. The van der Waals surface area contributed by atoms with Crippen LogP contribution in [-0.4, -0.2) is 9.97 Å². The number of nitrogens with one attached hydrogen (secondary N) is 1. The second kappa shape index (κ2) is 4.11. The molecule has 0 atom stereocenters. The van der Waals surface area contributed by atoms with Gasteiger partial charge in [-0.05, 0) is 26.0 Å². The Balaban J connectivity index is 2.18. The highest BCUT2D eigenvalue weighted by Gasteiger charge is 2.19. The highest BCUT2D eigenvalue weighted by Crippen LogP contribution is 2.26. The Morgan fingerprint density at radius 3 is 3.00 bits per heavy atom. The summed E-state index contributed by atoms with van der Waals surface area (Å²) in [5.74, 6) is 0. The van der Waals surface area contributed by atoms with Crippen molar-refractivity contribution in [3.05, 3.63) is 28.7 Å². The molecule has 0 bridgehead atoms. The summed E-state index contributed by atoms with van der Waals surface area (Å²) >= 11 is 1.61. The molecule has 3 nitrogen and oxygen atoms in total. The Morgan fingerprint density at radius 2 is 2.38 bits per heavy atom. The van der Waals surface area contributed by atoms with E-state index >= 15 is 0 Å². The maximum absolute atomic E-state index is 8.97. The van der Waals surface area contributed by atoms with Gasteiger partial charge in [0.15, 0.2) is 0 Å². The first-order valence-corrected chi connectivity index (χ1v) is 5.98. The molecular formula is C12H13N3S. The molecule has 2 aromatic rings. The Bertz CT molecular complexity index is 503. The second-order valence-corrected chi connectivity index (χ2v) is 5.33. The van der Waals surface area contributed by atoms with Gasteiger partial charge in [0.05, 0.1) is 27.9 Å². The third kappa shape index (κ3) is 2.31. The van der Waals surface area contributed by atoms with Gasteiger partial charge in [0.25, 0.3) is 0 Å². The van der Waals surface area contributed by atoms with Gasteiger partial charge in [-0.25, -0.2) is 4.98 Å². The Kier molecular flexibility index (Phi) is 2.80. The van der Waals surface area contributed by atoms with Gasteiger partial charge >= 0.3 is 0 Å². The molecule has 0 aliphatic heterocycles. The van der Waals surface area contributed by atoms with Crippen LogP contribution in [0.3, 0.4) is 0 Å². The summed E-state index contributed by atoms with van der Waals surface area (Å²) in [6, 6.07) is 6.24. The average Bonchev–Trinajstić information content (AvgIpc) is 2.86. The minimum absolute atomic E-state index is 0.342. The summed E-state index contributed by atoms with van der Waals surface area (Å²) in [7, 11) is 0. The standard InChI is InChI=1S/C12H13N3S/c1-12(2,8-13)6-11-15-10(7-16-11)9-4-3-5-14-9/h3-5,7,14H,6H2,1-2H3. The van der Waals surface area contributed by atoms with Crippen molar-refractivity contribution < 1.29 is 0 Å². The van der Waals surface area contributed by atoms with Gasteiger partial charge in [0.2, 0.25) is 0 Å². The monoisotopic (exact) mass is 231 g/mol. The molecule has 2 rings (SSSR count). The molecule has 2 aromatic heterocycles. The largest absolute Gasteiger partial charge is 0.360 e. The molecule has 16 heavy (non-hydrogen) atoms. The molecule has 0 aliphatic carbocycles. The number of hydrogen-bond donors (Lipinski definition) is 1. The number of nitrogens with zero attached hydrogens (tertiary/aromatic N) is 2. The highest BCUT2D eigenvalue weighted by atomic mass is 32.1. The van der Waals surface area contributed by atoms with Gasteiger partial charge in [-0.1, -0.05) is 0 Å². The molecule has 0 spiro atoms. The van der Waals surface area contributed by atoms with Gasteiger partial charge in [-0.3, -0.25) is 0 Å². The average molecular weight is 231 g/mol. The summed E-state index contributed by atoms with van der Waals surface area (Å²) in [5.41, 5.74) is 1.64. The van der Waals surface area contributed by atoms with Crippen molar-refractivity contribution in [2.75, 3.05) is 0 Å². The zero-order valence-electron chi connectivity index (χ0n) is 9.32. The Labute approximate surface area is 98.8 Å². The molecular weight excluding hydrogens is 218 g/mol. The lowest BCUT2D eigenvalue weighted by molar-refractivity contribution is 0.492. The van der Waals surface area contributed by atoms with Crippen LogP contribution >= 0.6 is 11.3 Å². The van der Waals surface area contributed by atoms with Crippen molar-refractivity contribution in [1.82, 2.24) is 9.97 Å². The molecule has 1 N–H and O–H groups in total. The van der Waals surface area contributed by atoms with Crippen LogP contribution in [0.5, 0.6) is 0 Å². The van der Waals surface area contributed by atoms with E-state index in [1.165, 1.54) is 0 Å². The van der Waals surface area contributed by atoms with E-state index in [1.54, 1.807) is 11.3 Å². The quantitative estimate of drug-likeness (QED) is 0.881. The number of aromatic nitrogens is 2. The maximum atomic E-state index is 8.97. The first-order valence-electron chi connectivity index (χ1n) is 5.10. The van der Waals surface area contributed by atoms with Gasteiger partial charge in [-0.2, -0.15) is 5.26 Å². The first kappa shape index (κ1) is 10.9. The van der Waals surface area contributed by atoms with Crippen LogP contribution in [0.25, 0.3) is 11.4 Å². The minimum atomic E-state index is -0.342. The number of H-pyrrole nitrogens is 1. The molecule has 0 unspecified atom stereocenters. The Hall–Kier alpha value is -1.60. The van der Waals surface area contributed by atoms with Crippen LogP contribution in [-0.2, 0) is 6.42 Å². The minimum Gasteiger partial charge on any atom is -0.360 e. The van der Waals surface area contributed by atoms with Crippen LogP contribution in [0.4, 0.5) is 0 Å². The zero-order chi connectivity index (χ0) is 11.6. The van der Waals surface area contributed by atoms with Gasteiger partial charge < -0.3 is 4.98 Å². The number of aromatic amines is 1. The summed E-state index contributed by atoms with van der Waals surface area (Å²) in [6.07, 6.45) is 2.59. The van der Waals surface area contributed by atoms with Crippen molar-refractivity contribution in [3.63, 3.8) is 0 Å². The molecule has 0 fully saturated rings. The number of rotatable bonds is 3. The van der Waals surface area contributed by atoms with E-state index in [-0.39, 0.29) is 5.41 Å². The summed E-state index contributed by atoms with van der Waals surface area (Å²) < 4.78 is 0. The van der Waals surface area contributed by atoms with E-state index in [2.05, 4.69) is 16.0 Å². The fraction of sp³-hybridized carbons (Fsp3) is 0.333. The molecule has 0 radical (unpaired) electrons. The third-order valence-electron chi connectivity index (χ3n) is 2.32. The van der Waals surface area contributed by atoms with E-state index in [0.717, 1.165) is 16.4 Å². The van der Waals surface area contributed by atoms with E-state index in [0.29, 0.717) is 6.42 Å². The van der Waals surface area contributed by atoms with Crippen molar-refractivity contribution >= 4 is 11.3 Å². The van der Waals surface area contributed by atoms with Crippen LogP contribution in [0.1, 0.15) is 18.9 Å². The molecule has 0 saturated heterocycles. The summed E-state index contributed by atoms with van der Waals surface area (Å²) in [4.78, 5) is 7.64. The number of hydrogen-bond acceptors (Lipinski definition) is 3.